The van der Waals surface area contributed by atoms with Gasteiger partial charge < -0.3 is 20.3 Å². The van der Waals surface area contributed by atoms with Crippen LogP contribution in [0.1, 0.15) is 16.1 Å². The number of fused-ring (bicyclic) bond motifs is 1. The number of carbonyl (C=O) groups excluding carboxylic acids is 1. The van der Waals surface area contributed by atoms with E-state index in [1.807, 2.05) is 0 Å². The lowest BCUT2D eigenvalue weighted by molar-refractivity contribution is -0.137. The second-order valence-corrected chi connectivity index (χ2v) is 7.27. The van der Waals surface area contributed by atoms with Gasteiger partial charge in [-0.1, -0.05) is 18.2 Å². The van der Waals surface area contributed by atoms with Gasteiger partial charge in [0.1, 0.15) is 18.9 Å². The number of nitrogens with one attached hydrogen (secondary N) is 1. The van der Waals surface area contributed by atoms with E-state index in [9.17, 15) is 23.1 Å². The number of rotatable bonds is 6. The summed E-state index contributed by atoms with van der Waals surface area (Å²) < 4.78 is 46.7. The van der Waals surface area contributed by atoms with Crippen molar-refractivity contribution in [3.8, 4) is 11.3 Å². The van der Waals surface area contributed by atoms with E-state index in [1.54, 1.807) is 0 Å². The van der Waals surface area contributed by atoms with Crippen molar-refractivity contribution in [1.29, 1.82) is 0 Å². The molecule has 4 rings (SSSR count). The number of amides is 1. The van der Waals surface area contributed by atoms with Crippen LogP contribution in [-0.4, -0.2) is 74.9 Å². The Morgan fingerprint density at radius 2 is 2.06 bits per heavy atom. The molecule has 0 bridgehead atoms. The number of carbonyl (C=O) groups is 1. The van der Waals surface area contributed by atoms with Crippen molar-refractivity contribution in [1.82, 2.24) is 19.9 Å². The van der Waals surface area contributed by atoms with Gasteiger partial charge in [-0.2, -0.15) is 18.3 Å². The molecule has 0 aliphatic carbocycles. The zero-order valence-corrected chi connectivity index (χ0v) is 17.5. The summed E-state index contributed by atoms with van der Waals surface area (Å²) in [6.07, 6.45) is -3.88. The van der Waals surface area contributed by atoms with E-state index in [4.69, 9.17) is 9.84 Å². The van der Waals surface area contributed by atoms with E-state index in [2.05, 4.69) is 25.4 Å². The van der Waals surface area contributed by atoms with Gasteiger partial charge >= 0.3 is 6.18 Å². The van der Waals surface area contributed by atoms with E-state index in [0.717, 1.165) is 10.6 Å². The average Bonchev–Trinajstić information content (AvgIpc) is 3.25. The number of benzene rings is 1. The minimum atomic E-state index is -4.57. The van der Waals surface area contributed by atoms with Crippen molar-refractivity contribution in [3.63, 3.8) is 0 Å². The molecule has 0 radical (unpaired) electrons. The molecular weight excluding hydrogens is 457 g/mol. The fraction of sp³-hybridized carbons (Fsp3) is 0.286. The normalized spacial score (nSPS) is 16.9. The van der Waals surface area contributed by atoms with Gasteiger partial charge in [-0.3, -0.25) is 9.79 Å². The molecule has 10 nitrogen and oxygen atoms in total. The molecule has 13 heteroatoms. The van der Waals surface area contributed by atoms with Crippen LogP contribution in [0.5, 0.6) is 0 Å². The largest absolute Gasteiger partial charge is 0.474 e. The number of imidazole rings is 1. The van der Waals surface area contributed by atoms with Crippen LogP contribution in [0.3, 0.4) is 0 Å². The first kappa shape index (κ1) is 23.3. The van der Waals surface area contributed by atoms with Gasteiger partial charge in [-0.15, -0.1) is 0 Å². The highest BCUT2D eigenvalue weighted by atomic mass is 19.4. The van der Waals surface area contributed by atoms with Crippen LogP contribution in [0.25, 0.3) is 16.9 Å². The lowest BCUT2D eigenvalue weighted by Gasteiger charge is -2.18. The zero-order chi connectivity index (χ0) is 24.3. The predicted octanol–water partition coefficient (Wildman–Crippen LogP) is 1.32. The van der Waals surface area contributed by atoms with Gasteiger partial charge in [0.25, 0.3) is 5.91 Å². The highest BCUT2D eigenvalue weighted by Crippen LogP contribution is 2.36. The third-order valence-electron chi connectivity index (χ3n) is 4.80. The molecule has 34 heavy (non-hydrogen) atoms. The first-order valence-electron chi connectivity index (χ1n) is 10.1. The molecule has 1 aromatic carbocycles. The van der Waals surface area contributed by atoms with Crippen LogP contribution in [0, 0.1) is 0 Å². The number of aliphatic hydroxyl groups excluding tert-OH is 2. The summed E-state index contributed by atoms with van der Waals surface area (Å²) in [5, 5.41) is 25.1. The smallest absolute Gasteiger partial charge is 0.417 e. The van der Waals surface area contributed by atoms with Gasteiger partial charge in [0.2, 0.25) is 5.90 Å². The lowest BCUT2D eigenvalue weighted by Crippen LogP contribution is -2.39. The average molecular weight is 476 g/mol. The van der Waals surface area contributed by atoms with Crippen LogP contribution >= 0.6 is 0 Å². The second-order valence-electron chi connectivity index (χ2n) is 7.27. The maximum absolute atomic E-state index is 13.4. The molecular formula is C21H19F3N6O4. The molecule has 0 saturated carbocycles. The monoisotopic (exact) mass is 476 g/mol. The Hall–Kier alpha value is -3.84. The molecule has 3 heterocycles. The molecule has 0 saturated heterocycles. The second kappa shape index (κ2) is 9.57. The Kier molecular flexibility index (Phi) is 6.56. The molecule has 1 aliphatic heterocycles. The first-order chi connectivity index (χ1) is 16.3. The van der Waals surface area contributed by atoms with Crippen molar-refractivity contribution in [2.45, 2.75) is 18.4 Å². The van der Waals surface area contributed by atoms with E-state index in [0.29, 0.717) is 0 Å². The highest BCUT2D eigenvalue weighted by Gasteiger charge is 2.33. The Bertz CT molecular complexity index is 1260. The molecule has 1 amide bonds. The van der Waals surface area contributed by atoms with Gasteiger partial charge in [0.15, 0.2) is 11.3 Å². The van der Waals surface area contributed by atoms with E-state index < -0.39 is 36.5 Å². The molecule has 178 valence electrons. The van der Waals surface area contributed by atoms with Crippen molar-refractivity contribution in [2.24, 2.45) is 9.98 Å². The van der Waals surface area contributed by atoms with Crippen molar-refractivity contribution < 1.29 is 32.9 Å². The number of aliphatic imine (C=N–C) groups is 2. The highest BCUT2D eigenvalue weighted by molar-refractivity contribution is 6.26. The summed E-state index contributed by atoms with van der Waals surface area (Å²) in [7, 11) is 0. The summed E-state index contributed by atoms with van der Waals surface area (Å²) in [5.41, 5.74) is -0.697. The van der Waals surface area contributed by atoms with Crippen LogP contribution in [0.4, 0.5) is 13.2 Å². The number of hydrogen-bond donors (Lipinski definition) is 3. The van der Waals surface area contributed by atoms with Crippen molar-refractivity contribution in [3.05, 3.63) is 53.9 Å². The summed E-state index contributed by atoms with van der Waals surface area (Å²) >= 11 is 0. The van der Waals surface area contributed by atoms with Crippen molar-refractivity contribution in [2.75, 3.05) is 19.8 Å². The van der Waals surface area contributed by atoms with Crippen LogP contribution in [0.2, 0.25) is 0 Å². The number of aromatic nitrogens is 3. The molecule has 2 aromatic heterocycles. The minimum Gasteiger partial charge on any atom is -0.474 e. The van der Waals surface area contributed by atoms with Crippen LogP contribution in [0.15, 0.2) is 52.6 Å². The standard InChI is InChI=1S/C21H19F3N6O4/c22-21(23,24)14-4-2-1-3-13(14)15-5-6-18-26-7-16(30(18)29-15)20(33)28-17-8-25-9-19(27-17)34-11-12(32)10-31/h1-7,9,12,17,31-32H,8,10-11H2,(H,28,33). The maximum Gasteiger partial charge on any atom is 0.417 e. The number of ether oxygens (including phenoxy) is 1. The fourth-order valence-corrected chi connectivity index (χ4v) is 3.20. The molecule has 2 atom stereocenters. The van der Waals surface area contributed by atoms with Crippen LogP contribution in [-0.2, 0) is 10.9 Å². The minimum absolute atomic E-state index is 0.00994. The summed E-state index contributed by atoms with van der Waals surface area (Å²) in [6.45, 7) is -0.571. The number of hydrogen-bond acceptors (Lipinski definition) is 8. The molecule has 3 N–H and O–H groups in total. The first-order valence-corrected chi connectivity index (χ1v) is 10.1. The van der Waals surface area contributed by atoms with Crippen LogP contribution < -0.4 is 5.32 Å². The quantitative estimate of drug-likeness (QED) is 0.492. The number of aliphatic hydroxyl groups is 2. The fourth-order valence-electron chi connectivity index (χ4n) is 3.20. The van der Waals surface area contributed by atoms with Gasteiger partial charge in [0, 0.05) is 5.56 Å². The SMILES string of the molecule is O=C(NC1CN=CC(OCC(O)CO)=N1)c1cnc2ccc(-c3ccccc3C(F)(F)F)nn12. The third kappa shape index (κ3) is 5.05. The topological polar surface area (TPSA) is 134 Å². The molecule has 0 spiro atoms. The summed E-state index contributed by atoms with van der Waals surface area (Å²) in [5.74, 6) is -0.562. The van der Waals surface area contributed by atoms with Gasteiger partial charge in [-0.25, -0.2) is 14.5 Å². The van der Waals surface area contributed by atoms with E-state index in [-0.39, 0.29) is 41.6 Å². The Labute approximate surface area is 190 Å². The number of alkyl halides is 3. The molecule has 2 unspecified atom stereocenters. The zero-order valence-electron chi connectivity index (χ0n) is 17.5. The predicted molar refractivity (Wildman–Crippen MR) is 115 cm³/mol. The van der Waals surface area contributed by atoms with Gasteiger partial charge in [0.05, 0.1) is 36.8 Å². The number of nitrogens with zero attached hydrogens (tertiary/aromatic N) is 5. The Morgan fingerprint density at radius 3 is 2.82 bits per heavy atom. The molecule has 1 aliphatic rings. The molecule has 3 aromatic rings. The Balaban J connectivity index is 1.57. The maximum atomic E-state index is 13.4. The Morgan fingerprint density at radius 1 is 1.26 bits per heavy atom. The van der Waals surface area contributed by atoms with E-state index in [1.165, 1.54) is 42.7 Å². The van der Waals surface area contributed by atoms with E-state index >= 15 is 0 Å². The summed E-state index contributed by atoms with van der Waals surface area (Å²) in [4.78, 5) is 25.2. The summed E-state index contributed by atoms with van der Waals surface area (Å²) in [6, 6.07) is 7.89. The number of halogens is 3. The van der Waals surface area contributed by atoms with Crippen molar-refractivity contribution >= 4 is 23.7 Å². The lowest BCUT2D eigenvalue weighted by atomic mass is 10.0. The third-order valence-corrected chi connectivity index (χ3v) is 4.80. The van der Waals surface area contributed by atoms with Gasteiger partial charge in [-0.05, 0) is 18.2 Å². The molecule has 0 fully saturated rings.